The number of ether oxygens (including phenoxy) is 1. The average Bonchev–Trinajstić information content (AvgIpc) is 2.34. The Morgan fingerprint density at radius 1 is 1.33 bits per heavy atom. The predicted octanol–water partition coefficient (Wildman–Crippen LogP) is 1.27. The van der Waals surface area contributed by atoms with E-state index >= 15 is 0 Å². The highest BCUT2D eigenvalue weighted by Crippen LogP contribution is 2.43. The number of likely N-dealkylation sites (tertiary alicyclic amines) is 1. The molecule has 112 valence electrons. The molecule has 7 nitrogen and oxygen atoms in total. The summed E-state index contributed by atoms with van der Waals surface area (Å²) in [5, 5.41) is 10.9. The molecule has 1 aromatic carbocycles. The molecule has 1 aromatic rings. The van der Waals surface area contributed by atoms with E-state index in [0.29, 0.717) is 0 Å². The van der Waals surface area contributed by atoms with Crippen molar-refractivity contribution in [2.75, 3.05) is 38.2 Å². The van der Waals surface area contributed by atoms with Gasteiger partial charge in [-0.15, -0.1) is 0 Å². The van der Waals surface area contributed by atoms with Gasteiger partial charge in [-0.1, -0.05) is 0 Å². The lowest BCUT2D eigenvalue weighted by Crippen LogP contribution is -2.72. The third-order valence-electron chi connectivity index (χ3n) is 4.28. The molecule has 0 aliphatic carbocycles. The van der Waals surface area contributed by atoms with Crippen molar-refractivity contribution in [2.45, 2.75) is 6.92 Å². The van der Waals surface area contributed by atoms with E-state index in [1.807, 2.05) is 4.90 Å². The van der Waals surface area contributed by atoms with Crippen LogP contribution in [0.25, 0.3) is 0 Å². The lowest BCUT2D eigenvalue weighted by molar-refractivity contribution is -0.385. The maximum Gasteiger partial charge on any atom is 0.311 e. The van der Waals surface area contributed by atoms with Crippen LogP contribution in [0, 0.1) is 15.5 Å². The highest BCUT2D eigenvalue weighted by Gasteiger charge is 2.52. The van der Waals surface area contributed by atoms with Crippen LogP contribution in [0.5, 0.6) is 5.75 Å². The van der Waals surface area contributed by atoms with Crippen molar-refractivity contribution in [3.05, 3.63) is 28.3 Å². The van der Waals surface area contributed by atoms with Crippen molar-refractivity contribution in [3.63, 3.8) is 0 Å². The molecule has 0 radical (unpaired) electrons. The summed E-state index contributed by atoms with van der Waals surface area (Å²) in [6.07, 6.45) is 0. The third-order valence-corrected chi connectivity index (χ3v) is 4.28. The number of nitro benzene ring substituents is 1. The van der Waals surface area contributed by atoms with Crippen LogP contribution >= 0.6 is 0 Å². The molecular weight excluding hydrogens is 274 g/mol. The molecule has 0 bridgehead atoms. The summed E-state index contributed by atoms with van der Waals surface area (Å²) in [5.74, 6) is 0.397. The first-order chi connectivity index (χ1) is 9.94. The van der Waals surface area contributed by atoms with Gasteiger partial charge >= 0.3 is 5.69 Å². The summed E-state index contributed by atoms with van der Waals surface area (Å²) in [4.78, 5) is 25.7. The van der Waals surface area contributed by atoms with Gasteiger partial charge in [-0.3, -0.25) is 14.9 Å². The van der Waals surface area contributed by atoms with Gasteiger partial charge in [0.05, 0.1) is 12.0 Å². The van der Waals surface area contributed by atoms with Crippen LogP contribution in [-0.4, -0.2) is 49.0 Å². The van der Waals surface area contributed by atoms with Gasteiger partial charge in [-0.2, -0.15) is 0 Å². The van der Waals surface area contributed by atoms with Crippen LogP contribution in [-0.2, 0) is 4.79 Å². The molecule has 1 spiro atoms. The second kappa shape index (κ2) is 4.61. The second-order valence-corrected chi connectivity index (χ2v) is 5.84. The monoisotopic (exact) mass is 291 g/mol. The van der Waals surface area contributed by atoms with Gasteiger partial charge < -0.3 is 14.5 Å². The summed E-state index contributed by atoms with van der Waals surface area (Å²) in [6, 6.07) is 4.92. The summed E-state index contributed by atoms with van der Waals surface area (Å²) >= 11 is 0. The zero-order valence-corrected chi connectivity index (χ0v) is 12.0. The summed E-state index contributed by atoms with van der Waals surface area (Å²) in [5.41, 5.74) is 1.10. The molecule has 2 aliphatic heterocycles. The topological polar surface area (TPSA) is 75.9 Å². The summed E-state index contributed by atoms with van der Waals surface area (Å²) < 4.78 is 5.09. The van der Waals surface area contributed by atoms with Gasteiger partial charge in [0.25, 0.3) is 0 Å². The lowest BCUT2D eigenvalue weighted by Gasteiger charge is -2.60. The van der Waals surface area contributed by atoms with Crippen molar-refractivity contribution in [1.82, 2.24) is 4.90 Å². The van der Waals surface area contributed by atoms with E-state index in [2.05, 4.69) is 4.90 Å². The Bertz CT molecular complexity index is 602. The molecule has 0 unspecified atom stereocenters. The van der Waals surface area contributed by atoms with E-state index < -0.39 is 4.92 Å². The number of nitrogens with zero attached hydrogens (tertiary/aromatic N) is 3. The molecule has 2 heterocycles. The van der Waals surface area contributed by atoms with Crippen molar-refractivity contribution >= 4 is 17.3 Å². The number of hydrogen-bond donors (Lipinski definition) is 0. The number of carbonyl (C=O) groups excluding carboxylic acids is 1. The lowest BCUT2D eigenvalue weighted by atomic mass is 9.72. The van der Waals surface area contributed by atoms with Crippen LogP contribution in [0.4, 0.5) is 11.4 Å². The Morgan fingerprint density at radius 2 is 2.00 bits per heavy atom. The zero-order chi connectivity index (χ0) is 15.2. The first-order valence-corrected chi connectivity index (χ1v) is 6.77. The Hall–Kier alpha value is -2.31. The summed E-state index contributed by atoms with van der Waals surface area (Å²) in [6.45, 7) is 4.95. The Labute approximate surface area is 122 Å². The Morgan fingerprint density at radius 3 is 2.52 bits per heavy atom. The van der Waals surface area contributed by atoms with Gasteiger partial charge in [-0.05, 0) is 6.07 Å². The number of amides is 1. The van der Waals surface area contributed by atoms with E-state index in [4.69, 9.17) is 4.74 Å². The minimum absolute atomic E-state index is 0.0251. The molecule has 0 saturated carbocycles. The maximum atomic E-state index is 11.2. The number of benzene rings is 1. The Balaban J connectivity index is 1.68. The van der Waals surface area contributed by atoms with Gasteiger partial charge in [0.15, 0.2) is 5.75 Å². The smallest absolute Gasteiger partial charge is 0.311 e. The largest absolute Gasteiger partial charge is 0.490 e. The molecule has 1 amide bonds. The maximum absolute atomic E-state index is 11.2. The van der Waals surface area contributed by atoms with E-state index in [1.54, 1.807) is 19.1 Å². The number of rotatable bonds is 3. The molecular formula is C14H17N3O4. The fourth-order valence-electron chi connectivity index (χ4n) is 3.15. The minimum Gasteiger partial charge on any atom is -0.490 e. The fraction of sp³-hybridized carbons (Fsp3) is 0.500. The standard InChI is InChI=1S/C14H17N3O4/c1-10(18)15-6-14(7-15)8-16(9-14)11-3-4-12(17(19)20)13(5-11)21-2/h3-5H,6-9H2,1-2H3. The van der Waals surface area contributed by atoms with E-state index in [1.165, 1.54) is 13.2 Å². The Kier molecular flexibility index (Phi) is 3.00. The van der Waals surface area contributed by atoms with Gasteiger partial charge in [0.1, 0.15) is 0 Å². The van der Waals surface area contributed by atoms with Gasteiger partial charge in [-0.25, -0.2) is 0 Å². The molecule has 2 aliphatic rings. The summed E-state index contributed by atoms with van der Waals surface area (Å²) in [7, 11) is 1.43. The van der Waals surface area contributed by atoms with Crippen molar-refractivity contribution in [1.29, 1.82) is 0 Å². The molecule has 21 heavy (non-hydrogen) atoms. The number of nitro groups is 1. The number of carbonyl (C=O) groups is 1. The second-order valence-electron chi connectivity index (χ2n) is 5.84. The molecule has 7 heteroatoms. The zero-order valence-electron chi connectivity index (χ0n) is 12.0. The highest BCUT2D eigenvalue weighted by atomic mass is 16.6. The van der Waals surface area contributed by atoms with E-state index in [-0.39, 0.29) is 22.8 Å². The van der Waals surface area contributed by atoms with Crippen LogP contribution in [0.1, 0.15) is 6.92 Å². The first kappa shape index (κ1) is 13.7. The van der Waals surface area contributed by atoms with Crippen molar-refractivity contribution in [3.8, 4) is 5.75 Å². The van der Waals surface area contributed by atoms with Crippen LogP contribution in [0.2, 0.25) is 0 Å². The number of hydrogen-bond acceptors (Lipinski definition) is 5. The van der Waals surface area contributed by atoms with Crippen molar-refractivity contribution in [2.24, 2.45) is 5.41 Å². The third kappa shape index (κ3) is 2.18. The van der Waals surface area contributed by atoms with E-state index in [0.717, 1.165) is 31.9 Å². The van der Waals surface area contributed by atoms with Crippen molar-refractivity contribution < 1.29 is 14.5 Å². The number of anilines is 1. The fourth-order valence-corrected chi connectivity index (χ4v) is 3.15. The highest BCUT2D eigenvalue weighted by molar-refractivity contribution is 5.75. The molecule has 0 N–H and O–H groups in total. The number of methoxy groups -OCH3 is 1. The molecule has 3 rings (SSSR count). The molecule has 2 fully saturated rings. The molecule has 2 saturated heterocycles. The van der Waals surface area contributed by atoms with Crippen LogP contribution < -0.4 is 9.64 Å². The van der Waals surface area contributed by atoms with Crippen LogP contribution in [0.3, 0.4) is 0 Å². The molecule has 0 atom stereocenters. The first-order valence-electron chi connectivity index (χ1n) is 6.77. The van der Waals surface area contributed by atoms with Gasteiger partial charge in [0, 0.05) is 56.3 Å². The van der Waals surface area contributed by atoms with E-state index in [9.17, 15) is 14.9 Å². The molecule has 0 aromatic heterocycles. The SMILES string of the molecule is COc1cc(N2CC3(CN(C(C)=O)C3)C2)ccc1[N+](=O)[O-]. The van der Waals surface area contributed by atoms with Gasteiger partial charge in [0.2, 0.25) is 5.91 Å². The quantitative estimate of drug-likeness (QED) is 0.619. The van der Waals surface area contributed by atoms with Crippen LogP contribution in [0.15, 0.2) is 18.2 Å². The minimum atomic E-state index is -0.448. The predicted molar refractivity (Wildman–Crippen MR) is 76.5 cm³/mol. The normalized spacial score (nSPS) is 19.0. The average molecular weight is 291 g/mol.